The molecule has 0 atom stereocenters. The van der Waals surface area contributed by atoms with Gasteiger partial charge < -0.3 is 9.72 Å². The summed E-state index contributed by atoms with van der Waals surface area (Å²) in [5.41, 5.74) is 4.40. The fraction of sp³-hybridized carbons (Fsp3) is 0.320. The molecule has 3 aromatic rings. The Bertz CT molecular complexity index is 1050. The lowest BCUT2D eigenvalue weighted by Crippen LogP contribution is -2.30. The number of Topliss-reactive ketones (excluding diaryl/α,β-unsaturated/α-hetero) is 1. The van der Waals surface area contributed by atoms with Gasteiger partial charge in [-0.15, -0.1) is 0 Å². The molecule has 0 bridgehead atoms. The normalized spacial score (nSPS) is 14.7. The van der Waals surface area contributed by atoms with Crippen LogP contribution in [0.5, 0.6) is 5.75 Å². The van der Waals surface area contributed by atoms with Crippen molar-refractivity contribution in [3.63, 3.8) is 0 Å². The number of methoxy groups -OCH3 is 1. The summed E-state index contributed by atoms with van der Waals surface area (Å²) in [5.74, 6) is 0.645. The first kappa shape index (κ1) is 20.4. The van der Waals surface area contributed by atoms with E-state index in [-0.39, 0.29) is 11.6 Å². The molecule has 1 aromatic heterocycles. The Morgan fingerprint density at radius 1 is 1.17 bits per heavy atom. The van der Waals surface area contributed by atoms with E-state index in [0.717, 1.165) is 50.2 Å². The van der Waals surface area contributed by atoms with E-state index in [4.69, 9.17) is 4.74 Å². The van der Waals surface area contributed by atoms with Crippen LogP contribution in [0.1, 0.15) is 35.3 Å². The molecule has 2 heterocycles. The zero-order chi connectivity index (χ0) is 20.9. The summed E-state index contributed by atoms with van der Waals surface area (Å²) in [6.07, 6.45) is 5.62. The summed E-state index contributed by atoms with van der Waals surface area (Å²) >= 11 is 0. The highest BCUT2D eigenvalue weighted by atomic mass is 19.1. The van der Waals surface area contributed by atoms with Crippen LogP contribution < -0.4 is 4.74 Å². The highest BCUT2D eigenvalue weighted by Crippen LogP contribution is 2.24. The van der Waals surface area contributed by atoms with Gasteiger partial charge in [-0.1, -0.05) is 11.6 Å². The van der Waals surface area contributed by atoms with Gasteiger partial charge in [0.2, 0.25) is 0 Å². The maximum absolute atomic E-state index is 13.0. The van der Waals surface area contributed by atoms with Crippen LogP contribution in [0.25, 0.3) is 10.9 Å². The topological polar surface area (TPSA) is 45.3 Å². The highest BCUT2D eigenvalue weighted by Gasteiger charge is 2.14. The van der Waals surface area contributed by atoms with Gasteiger partial charge in [0.25, 0.3) is 0 Å². The van der Waals surface area contributed by atoms with E-state index in [0.29, 0.717) is 12.0 Å². The molecule has 2 aromatic carbocycles. The molecule has 0 saturated heterocycles. The van der Waals surface area contributed by atoms with E-state index in [1.807, 2.05) is 6.07 Å². The highest BCUT2D eigenvalue weighted by molar-refractivity contribution is 5.95. The van der Waals surface area contributed by atoms with Crippen LogP contribution in [0.3, 0.4) is 0 Å². The molecule has 0 amide bonds. The van der Waals surface area contributed by atoms with Crippen LogP contribution in [-0.4, -0.2) is 42.4 Å². The molecule has 0 aliphatic carbocycles. The number of carbonyl (C=O) groups excluding carboxylic acids is 1. The molecule has 5 heteroatoms. The Labute approximate surface area is 176 Å². The fourth-order valence-corrected chi connectivity index (χ4v) is 4.00. The minimum atomic E-state index is -0.311. The van der Waals surface area contributed by atoms with E-state index in [9.17, 15) is 9.18 Å². The first-order valence-electron chi connectivity index (χ1n) is 10.5. The molecule has 1 aliphatic heterocycles. The van der Waals surface area contributed by atoms with E-state index in [2.05, 4.69) is 34.2 Å². The molecular weight excluding hydrogens is 379 g/mol. The Morgan fingerprint density at radius 3 is 2.73 bits per heavy atom. The third-order valence-electron chi connectivity index (χ3n) is 5.73. The average molecular weight is 407 g/mol. The van der Waals surface area contributed by atoms with Gasteiger partial charge in [0.1, 0.15) is 11.6 Å². The van der Waals surface area contributed by atoms with Crippen LogP contribution in [0, 0.1) is 5.82 Å². The van der Waals surface area contributed by atoms with Crippen molar-refractivity contribution in [3.8, 4) is 5.75 Å². The van der Waals surface area contributed by atoms with Crippen molar-refractivity contribution in [1.82, 2.24) is 9.88 Å². The number of fused-ring (bicyclic) bond motifs is 1. The maximum atomic E-state index is 13.0. The van der Waals surface area contributed by atoms with Gasteiger partial charge in [0.15, 0.2) is 5.78 Å². The number of nitrogens with one attached hydrogen (secondary N) is 1. The first-order chi connectivity index (χ1) is 14.6. The molecule has 0 radical (unpaired) electrons. The van der Waals surface area contributed by atoms with Gasteiger partial charge in [0.05, 0.1) is 7.11 Å². The average Bonchev–Trinajstić information content (AvgIpc) is 3.16. The second-order valence-electron chi connectivity index (χ2n) is 7.87. The van der Waals surface area contributed by atoms with Crippen LogP contribution in [0.2, 0.25) is 0 Å². The number of nitrogens with zero attached hydrogens (tertiary/aromatic N) is 1. The Kier molecular flexibility index (Phi) is 6.29. The van der Waals surface area contributed by atoms with Gasteiger partial charge >= 0.3 is 0 Å². The number of aromatic amines is 1. The van der Waals surface area contributed by atoms with Gasteiger partial charge in [-0.2, -0.15) is 0 Å². The maximum Gasteiger partial charge on any atom is 0.162 e. The van der Waals surface area contributed by atoms with Crippen molar-refractivity contribution >= 4 is 16.7 Å². The monoisotopic (exact) mass is 406 g/mol. The number of halogens is 1. The molecule has 0 fully saturated rings. The van der Waals surface area contributed by atoms with Gasteiger partial charge in [-0.25, -0.2) is 4.39 Å². The number of benzene rings is 2. The number of carbonyl (C=O) groups is 1. The van der Waals surface area contributed by atoms with Crippen LogP contribution >= 0.6 is 0 Å². The molecule has 156 valence electrons. The molecule has 4 nitrogen and oxygen atoms in total. The number of hydrogen-bond acceptors (Lipinski definition) is 3. The molecule has 0 spiro atoms. The van der Waals surface area contributed by atoms with Crippen LogP contribution in [0.15, 0.2) is 60.2 Å². The summed E-state index contributed by atoms with van der Waals surface area (Å²) in [6.45, 7) is 2.85. The van der Waals surface area contributed by atoms with E-state index in [1.165, 1.54) is 28.8 Å². The van der Waals surface area contributed by atoms with Gasteiger partial charge in [0, 0.05) is 48.1 Å². The lowest BCUT2D eigenvalue weighted by molar-refractivity contribution is 0.0975. The number of hydrogen-bond donors (Lipinski definition) is 1. The van der Waals surface area contributed by atoms with Crippen LogP contribution in [0.4, 0.5) is 4.39 Å². The van der Waals surface area contributed by atoms with Crippen LogP contribution in [-0.2, 0) is 6.42 Å². The number of aromatic nitrogens is 1. The number of H-pyrrole nitrogens is 1. The van der Waals surface area contributed by atoms with Crippen molar-refractivity contribution < 1.29 is 13.9 Å². The minimum absolute atomic E-state index is 0.0821. The summed E-state index contributed by atoms with van der Waals surface area (Å²) < 4.78 is 18.3. The second kappa shape index (κ2) is 9.26. The summed E-state index contributed by atoms with van der Waals surface area (Å²) in [4.78, 5) is 18.1. The van der Waals surface area contributed by atoms with Crippen molar-refractivity contribution in [2.24, 2.45) is 0 Å². The Morgan fingerprint density at radius 2 is 2.00 bits per heavy atom. The van der Waals surface area contributed by atoms with Crippen molar-refractivity contribution in [1.29, 1.82) is 0 Å². The predicted octanol–water partition coefficient (Wildman–Crippen LogP) is 5.15. The predicted molar refractivity (Wildman–Crippen MR) is 118 cm³/mol. The van der Waals surface area contributed by atoms with E-state index < -0.39 is 0 Å². The first-order valence-corrected chi connectivity index (χ1v) is 10.5. The van der Waals surface area contributed by atoms with Crippen molar-refractivity contribution in [2.75, 3.05) is 26.7 Å². The number of rotatable bonds is 8. The fourth-order valence-electron chi connectivity index (χ4n) is 4.00. The summed E-state index contributed by atoms with van der Waals surface area (Å²) in [6, 6.07) is 14.1. The SMILES string of the molecule is COc1ccc2[nH]c(CC3=CCN(CCCC(=O)c4ccc(F)cc4)CC3)cc2c1. The zero-order valence-electron chi connectivity index (χ0n) is 17.3. The van der Waals surface area contributed by atoms with E-state index >= 15 is 0 Å². The standard InChI is InChI=1S/C25H27FN2O2/c1-30-23-8-9-24-20(17-23)16-22(27-24)15-18-10-13-28(14-11-18)12-2-3-25(29)19-4-6-21(26)7-5-19/h4-10,16-17,27H,2-3,11-15H2,1H3. The lowest BCUT2D eigenvalue weighted by atomic mass is 10.0. The third kappa shape index (κ3) is 4.97. The molecule has 0 saturated carbocycles. The minimum Gasteiger partial charge on any atom is -0.497 e. The van der Waals surface area contributed by atoms with Crippen molar-refractivity contribution in [2.45, 2.75) is 25.7 Å². The Balaban J connectivity index is 1.25. The van der Waals surface area contributed by atoms with Crippen molar-refractivity contribution in [3.05, 3.63) is 77.3 Å². The smallest absolute Gasteiger partial charge is 0.162 e. The zero-order valence-corrected chi connectivity index (χ0v) is 17.3. The molecular formula is C25H27FN2O2. The molecule has 1 aliphatic rings. The number of ether oxygens (including phenoxy) is 1. The van der Waals surface area contributed by atoms with Gasteiger partial charge in [-0.3, -0.25) is 9.69 Å². The summed E-state index contributed by atoms with van der Waals surface area (Å²) in [7, 11) is 1.69. The molecule has 1 N–H and O–H groups in total. The Hall–Kier alpha value is -2.92. The summed E-state index contributed by atoms with van der Waals surface area (Å²) in [5, 5.41) is 1.17. The van der Waals surface area contributed by atoms with Gasteiger partial charge in [-0.05, 0) is 67.9 Å². The quantitative estimate of drug-likeness (QED) is 0.415. The molecule has 30 heavy (non-hydrogen) atoms. The second-order valence-corrected chi connectivity index (χ2v) is 7.87. The number of ketones is 1. The molecule has 4 rings (SSSR count). The van der Waals surface area contributed by atoms with E-state index in [1.54, 1.807) is 19.2 Å². The third-order valence-corrected chi connectivity index (χ3v) is 5.73. The largest absolute Gasteiger partial charge is 0.497 e. The lowest BCUT2D eigenvalue weighted by Gasteiger charge is -2.26. The molecule has 0 unspecified atom stereocenters.